The van der Waals surface area contributed by atoms with Crippen molar-refractivity contribution in [2.45, 2.75) is 5.92 Å². The van der Waals surface area contributed by atoms with Gasteiger partial charge in [-0.1, -0.05) is 36.6 Å². The number of fused-ring (bicyclic) bond motifs is 1. The SMILES string of the molecule is NC(=S)C(C(N)=S)c1nc2ccccc2[nH]1. The number of aromatic amines is 1. The number of thiocarbonyl (C=S) groups is 2. The van der Waals surface area contributed by atoms with Crippen molar-refractivity contribution < 1.29 is 0 Å². The molecule has 1 heterocycles. The molecule has 0 aliphatic carbocycles. The van der Waals surface area contributed by atoms with E-state index in [0.29, 0.717) is 5.82 Å². The highest BCUT2D eigenvalue weighted by Gasteiger charge is 2.21. The summed E-state index contributed by atoms with van der Waals surface area (Å²) in [5, 5.41) is 0. The van der Waals surface area contributed by atoms with Crippen molar-refractivity contribution in [1.82, 2.24) is 9.97 Å². The quantitative estimate of drug-likeness (QED) is 0.714. The van der Waals surface area contributed by atoms with Crippen LogP contribution in [0.25, 0.3) is 11.0 Å². The molecule has 82 valence electrons. The lowest BCUT2D eigenvalue weighted by Gasteiger charge is -2.09. The molecule has 16 heavy (non-hydrogen) atoms. The fourth-order valence-corrected chi connectivity index (χ4v) is 2.07. The van der Waals surface area contributed by atoms with Gasteiger partial charge in [0.1, 0.15) is 11.7 Å². The Balaban J connectivity index is 2.53. The Morgan fingerprint density at radius 2 is 1.81 bits per heavy atom. The number of nitrogens with two attached hydrogens (primary N) is 2. The third-order valence-electron chi connectivity index (χ3n) is 2.25. The maximum absolute atomic E-state index is 5.60. The highest BCUT2D eigenvalue weighted by atomic mass is 32.1. The van der Waals surface area contributed by atoms with Crippen LogP contribution >= 0.6 is 24.4 Å². The largest absolute Gasteiger partial charge is 0.392 e. The number of aromatic nitrogens is 2. The van der Waals surface area contributed by atoms with Crippen molar-refractivity contribution >= 4 is 45.4 Å². The summed E-state index contributed by atoms with van der Waals surface area (Å²) in [4.78, 5) is 7.93. The molecule has 1 aromatic heterocycles. The minimum Gasteiger partial charge on any atom is -0.392 e. The molecule has 0 aliphatic heterocycles. The first-order chi connectivity index (χ1) is 7.59. The molecule has 0 radical (unpaired) electrons. The van der Waals surface area contributed by atoms with E-state index < -0.39 is 5.92 Å². The molecule has 0 unspecified atom stereocenters. The molecule has 0 spiro atoms. The molecule has 0 fully saturated rings. The Labute approximate surface area is 103 Å². The number of hydrogen-bond acceptors (Lipinski definition) is 3. The number of H-pyrrole nitrogens is 1. The van der Waals surface area contributed by atoms with Crippen molar-refractivity contribution in [3.05, 3.63) is 30.1 Å². The van der Waals surface area contributed by atoms with E-state index in [-0.39, 0.29) is 9.98 Å². The molecular weight excluding hydrogens is 240 g/mol. The van der Waals surface area contributed by atoms with Crippen molar-refractivity contribution in [1.29, 1.82) is 0 Å². The molecule has 5 N–H and O–H groups in total. The van der Waals surface area contributed by atoms with E-state index in [9.17, 15) is 0 Å². The number of hydrogen-bond donors (Lipinski definition) is 3. The number of para-hydroxylation sites is 2. The van der Waals surface area contributed by atoms with Crippen LogP contribution in [0, 0.1) is 0 Å². The van der Waals surface area contributed by atoms with E-state index >= 15 is 0 Å². The predicted molar refractivity (Wildman–Crippen MR) is 72.4 cm³/mol. The van der Waals surface area contributed by atoms with Gasteiger partial charge in [0.2, 0.25) is 0 Å². The van der Waals surface area contributed by atoms with Gasteiger partial charge in [-0.05, 0) is 12.1 Å². The molecule has 1 aromatic carbocycles. The summed E-state index contributed by atoms with van der Waals surface area (Å²) < 4.78 is 0. The highest BCUT2D eigenvalue weighted by Crippen LogP contribution is 2.18. The number of benzene rings is 1. The van der Waals surface area contributed by atoms with E-state index in [1.807, 2.05) is 24.3 Å². The maximum atomic E-state index is 5.60. The van der Waals surface area contributed by atoms with E-state index in [4.69, 9.17) is 35.9 Å². The summed E-state index contributed by atoms with van der Waals surface area (Å²) in [7, 11) is 0. The zero-order valence-corrected chi connectivity index (χ0v) is 9.94. The van der Waals surface area contributed by atoms with Gasteiger partial charge >= 0.3 is 0 Å². The fourth-order valence-electron chi connectivity index (χ4n) is 1.52. The third-order valence-corrected chi connectivity index (χ3v) is 2.72. The Morgan fingerprint density at radius 3 is 2.38 bits per heavy atom. The number of rotatable bonds is 3. The topological polar surface area (TPSA) is 80.7 Å². The summed E-state index contributed by atoms with van der Waals surface area (Å²) in [6.45, 7) is 0. The summed E-state index contributed by atoms with van der Waals surface area (Å²) >= 11 is 9.86. The molecule has 4 nitrogen and oxygen atoms in total. The van der Waals surface area contributed by atoms with Gasteiger partial charge in [0.05, 0.1) is 21.0 Å². The Bertz CT molecular complexity index is 514. The third kappa shape index (κ3) is 1.89. The first-order valence-corrected chi connectivity index (χ1v) is 5.44. The lowest BCUT2D eigenvalue weighted by molar-refractivity contribution is 1.04. The minimum atomic E-state index is -0.475. The van der Waals surface area contributed by atoms with E-state index in [0.717, 1.165) is 11.0 Å². The van der Waals surface area contributed by atoms with Crippen molar-refractivity contribution in [2.75, 3.05) is 0 Å². The van der Waals surface area contributed by atoms with E-state index in [1.54, 1.807) is 0 Å². The van der Waals surface area contributed by atoms with E-state index in [1.165, 1.54) is 0 Å². The number of nitrogens with one attached hydrogen (secondary N) is 1. The maximum Gasteiger partial charge on any atom is 0.124 e. The van der Waals surface area contributed by atoms with Crippen molar-refractivity contribution in [3.63, 3.8) is 0 Å². The van der Waals surface area contributed by atoms with Crippen molar-refractivity contribution in [3.8, 4) is 0 Å². The summed E-state index contributed by atoms with van der Waals surface area (Å²) in [6.07, 6.45) is 0. The molecule has 0 bridgehead atoms. The zero-order valence-electron chi connectivity index (χ0n) is 8.31. The first kappa shape index (κ1) is 11.0. The van der Waals surface area contributed by atoms with Gasteiger partial charge in [-0.25, -0.2) is 4.98 Å². The Morgan fingerprint density at radius 1 is 1.19 bits per heavy atom. The average Bonchev–Trinajstić information content (AvgIpc) is 2.58. The molecular formula is C10H10N4S2. The number of imidazole rings is 1. The van der Waals surface area contributed by atoms with Gasteiger partial charge in [0, 0.05) is 0 Å². The van der Waals surface area contributed by atoms with Gasteiger partial charge in [-0.2, -0.15) is 0 Å². The predicted octanol–water partition coefficient (Wildman–Crippen LogP) is 1.22. The number of nitrogens with zero attached hydrogens (tertiary/aromatic N) is 1. The molecule has 0 saturated heterocycles. The standard InChI is InChI=1S/C10H10N4S2/c11-8(15)7(9(12)16)10-13-5-3-1-2-4-6(5)14-10/h1-4,7H,(H2,11,15)(H2,12,16)(H,13,14). The van der Waals surface area contributed by atoms with Gasteiger partial charge in [0.25, 0.3) is 0 Å². The van der Waals surface area contributed by atoms with Crippen LogP contribution in [0.4, 0.5) is 0 Å². The Hall–Kier alpha value is -1.53. The van der Waals surface area contributed by atoms with Crippen LogP contribution in [0.1, 0.15) is 11.7 Å². The average molecular weight is 250 g/mol. The van der Waals surface area contributed by atoms with Gasteiger partial charge in [-0.15, -0.1) is 0 Å². The second kappa shape index (κ2) is 4.15. The molecule has 6 heteroatoms. The van der Waals surface area contributed by atoms with Crippen LogP contribution in [0.5, 0.6) is 0 Å². The van der Waals surface area contributed by atoms with Crippen LogP contribution < -0.4 is 11.5 Å². The van der Waals surface area contributed by atoms with Crippen LogP contribution in [-0.4, -0.2) is 19.9 Å². The minimum absolute atomic E-state index is 0.228. The monoisotopic (exact) mass is 250 g/mol. The van der Waals surface area contributed by atoms with Crippen LogP contribution in [0.2, 0.25) is 0 Å². The second-order valence-electron chi connectivity index (χ2n) is 3.38. The Kier molecular flexibility index (Phi) is 2.84. The first-order valence-electron chi connectivity index (χ1n) is 4.63. The van der Waals surface area contributed by atoms with Crippen LogP contribution in [0.15, 0.2) is 24.3 Å². The van der Waals surface area contributed by atoms with Crippen LogP contribution in [0.3, 0.4) is 0 Å². The van der Waals surface area contributed by atoms with E-state index in [2.05, 4.69) is 9.97 Å². The molecule has 2 rings (SSSR count). The smallest absolute Gasteiger partial charge is 0.124 e. The molecule has 0 amide bonds. The lowest BCUT2D eigenvalue weighted by Crippen LogP contribution is -2.31. The fraction of sp³-hybridized carbons (Fsp3) is 0.100. The van der Waals surface area contributed by atoms with Crippen molar-refractivity contribution in [2.24, 2.45) is 11.5 Å². The molecule has 0 aliphatic rings. The molecule has 0 atom stereocenters. The summed E-state index contributed by atoms with van der Waals surface area (Å²) in [6, 6.07) is 7.64. The van der Waals surface area contributed by atoms with Gasteiger partial charge < -0.3 is 16.5 Å². The molecule has 2 aromatic rings. The zero-order chi connectivity index (χ0) is 11.7. The highest BCUT2D eigenvalue weighted by molar-refractivity contribution is 7.82. The second-order valence-corrected chi connectivity index (χ2v) is 4.32. The summed E-state index contributed by atoms with van der Waals surface area (Å²) in [5.41, 5.74) is 12.9. The van der Waals surface area contributed by atoms with Crippen LogP contribution in [-0.2, 0) is 0 Å². The van der Waals surface area contributed by atoms with Gasteiger partial charge in [-0.3, -0.25) is 0 Å². The lowest BCUT2D eigenvalue weighted by atomic mass is 10.1. The normalized spacial score (nSPS) is 10.8. The molecule has 0 saturated carbocycles. The van der Waals surface area contributed by atoms with Gasteiger partial charge in [0.15, 0.2) is 0 Å². The summed E-state index contributed by atoms with van der Waals surface area (Å²) in [5.74, 6) is 0.124.